The van der Waals surface area contributed by atoms with Gasteiger partial charge in [-0.1, -0.05) is 0 Å². The second-order valence-corrected chi connectivity index (χ2v) is 4.78. The average molecular weight is 274 g/mol. The number of amides is 2. The van der Waals surface area contributed by atoms with Gasteiger partial charge in [0.05, 0.1) is 6.10 Å². The maximum atomic E-state index is 11.6. The van der Waals surface area contributed by atoms with Crippen molar-refractivity contribution >= 4 is 12.0 Å². The number of unbranched alkanes of at least 4 members (excludes halogenated alkanes) is 1. The van der Waals surface area contributed by atoms with Gasteiger partial charge in [-0.3, -0.25) is 4.79 Å². The largest absolute Gasteiger partial charge is 0.481 e. The Kier molecular flexibility index (Phi) is 9.88. The molecule has 0 atom stereocenters. The summed E-state index contributed by atoms with van der Waals surface area (Å²) in [6.07, 6.45) is 2.60. The molecule has 0 aromatic heterocycles. The number of carbonyl (C=O) groups excluding carboxylic acids is 1. The van der Waals surface area contributed by atoms with E-state index in [1.54, 1.807) is 7.05 Å². The molecule has 0 unspecified atom stereocenters. The molecular weight excluding hydrogens is 248 g/mol. The lowest BCUT2D eigenvalue weighted by atomic mass is 10.3. The number of hydrogen-bond donors (Lipinski definition) is 2. The summed E-state index contributed by atoms with van der Waals surface area (Å²) in [4.78, 5) is 23.4. The van der Waals surface area contributed by atoms with E-state index < -0.39 is 5.97 Å². The Morgan fingerprint density at radius 2 is 1.95 bits per heavy atom. The van der Waals surface area contributed by atoms with Crippen LogP contribution in [0.1, 0.15) is 39.5 Å². The van der Waals surface area contributed by atoms with Crippen LogP contribution < -0.4 is 5.32 Å². The molecule has 0 aliphatic rings. The molecule has 0 aliphatic heterocycles. The van der Waals surface area contributed by atoms with E-state index in [-0.39, 0.29) is 18.6 Å². The summed E-state index contributed by atoms with van der Waals surface area (Å²) in [6, 6.07) is -0.157. The number of nitrogens with one attached hydrogen (secondary N) is 1. The molecule has 0 fully saturated rings. The molecule has 0 saturated heterocycles. The fraction of sp³-hybridized carbons (Fsp3) is 0.846. The fourth-order valence-corrected chi connectivity index (χ4v) is 1.45. The van der Waals surface area contributed by atoms with Gasteiger partial charge < -0.3 is 20.1 Å². The Morgan fingerprint density at radius 1 is 1.26 bits per heavy atom. The zero-order valence-electron chi connectivity index (χ0n) is 12.1. The Labute approximate surface area is 115 Å². The summed E-state index contributed by atoms with van der Waals surface area (Å²) in [5, 5.41) is 11.3. The number of urea groups is 1. The monoisotopic (exact) mass is 274 g/mol. The third kappa shape index (κ3) is 11.5. The highest BCUT2D eigenvalue weighted by Gasteiger charge is 2.07. The van der Waals surface area contributed by atoms with Crippen molar-refractivity contribution in [1.29, 1.82) is 0 Å². The highest BCUT2D eigenvalue weighted by Crippen LogP contribution is 1.96. The highest BCUT2D eigenvalue weighted by molar-refractivity contribution is 5.73. The van der Waals surface area contributed by atoms with Crippen LogP contribution in [0, 0.1) is 0 Å². The molecule has 0 aromatic rings. The number of hydrogen-bond acceptors (Lipinski definition) is 3. The van der Waals surface area contributed by atoms with Gasteiger partial charge in [-0.05, 0) is 33.1 Å². The Bertz CT molecular complexity index is 269. The fourth-order valence-electron chi connectivity index (χ4n) is 1.45. The molecule has 0 bridgehead atoms. The van der Waals surface area contributed by atoms with Crippen LogP contribution in [0.3, 0.4) is 0 Å². The maximum absolute atomic E-state index is 11.6. The van der Waals surface area contributed by atoms with E-state index in [9.17, 15) is 9.59 Å². The maximum Gasteiger partial charge on any atom is 0.317 e. The smallest absolute Gasteiger partial charge is 0.317 e. The number of nitrogens with zero attached hydrogens (tertiary/aromatic N) is 1. The van der Waals surface area contributed by atoms with E-state index in [1.165, 1.54) is 4.90 Å². The number of rotatable bonds is 10. The lowest BCUT2D eigenvalue weighted by Crippen LogP contribution is -2.38. The number of carboxylic acid groups (broad SMARTS) is 1. The molecule has 0 radical (unpaired) electrons. The van der Waals surface area contributed by atoms with Crippen LogP contribution in [-0.4, -0.2) is 54.9 Å². The predicted molar refractivity (Wildman–Crippen MR) is 73.2 cm³/mol. The van der Waals surface area contributed by atoms with Gasteiger partial charge in [-0.15, -0.1) is 0 Å². The minimum Gasteiger partial charge on any atom is -0.481 e. The van der Waals surface area contributed by atoms with Crippen LogP contribution in [-0.2, 0) is 9.53 Å². The van der Waals surface area contributed by atoms with E-state index >= 15 is 0 Å². The van der Waals surface area contributed by atoms with Crippen LogP contribution in [0.15, 0.2) is 0 Å². The highest BCUT2D eigenvalue weighted by atomic mass is 16.5. The van der Waals surface area contributed by atoms with Crippen molar-refractivity contribution in [3.05, 3.63) is 0 Å². The van der Waals surface area contributed by atoms with E-state index in [2.05, 4.69) is 5.32 Å². The summed E-state index contributed by atoms with van der Waals surface area (Å²) in [5.41, 5.74) is 0. The van der Waals surface area contributed by atoms with Crippen LogP contribution in [0.4, 0.5) is 4.79 Å². The molecule has 0 heterocycles. The summed E-state index contributed by atoms with van der Waals surface area (Å²) in [5.74, 6) is -0.834. The second-order valence-electron chi connectivity index (χ2n) is 4.78. The third-order valence-electron chi connectivity index (χ3n) is 2.53. The van der Waals surface area contributed by atoms with Gasteiger partial charge in [0.25, 0.3) is 0 Å². The van der Waals surface area contributed by atoms with E-state index in [4.69, 9.17) is 9.84 Å². The molecule has 2 N–H and O–H groups in total. The van der Waals surface area contributed by atoms with Crippen LogP contribution in [0.5, 0.6) is 0 Å². The number of aliphatic carboxylic acids is 1. The minimum atomic E-state index is -0.834. The summed E-state index contributed by atoms with van der Waals surface area (Å²) < 4.78 is 5.39. The normalized spacial score (nSPS) is 10.5. The molecule has 6 heteroatoms. The van der Waals surface area contributed by atoms with Crippen molar-refractivity contribution < 1.29 is 19.4 Å². The lowest BCUT2D eigenvalue weighted by Gasteiger charge is -2.17. The molecule has 112 valence electrons. The molecular formula is C13H26N2O4. The first kappa shape index (κ1) is 17.7. The molecule has 0 aliphatic carbocycles. The van der Waals surface area contributed by atoms with E-state index in [0.717, 1.165) is 12.8 Å². The SMILES string of the molecule is CC(C)OCCCCNC(=O)N(C)CCCC(=O)O. The van der Waals surface area contributed by atoms with Gasteiger partial charge in [0.1, 0.15) is 0 Å². The molecule has 0 spiro atoms. The lowest BCUT2D eigenvalue weighted by molar-refractivity contribution is -0.137. The van der Waals surface area contributed by atoms with Crippen molar-refractivity contribution in [1.82, 2.24) is 10.2 Å². The first-order valence-electron chi connectivity index (χ1n) is 6.76. The van der Waals surface area contributed by atoms with E-state index in [1.807, 2.05) is 13.8 Å². The van der Waals surface area contributed by atoms with Gasteiger partial charge >= 0.3 is 12.0 Å². The third-order valence-corrected chi connectivity index (χ3v) is 2.53. The number of carbonyl (C=O) groups is 2. The van der Waals surface area contributed by atoms with Gasteiger partial charge in [0.15, 0.2) is 0 Å². The molecule has 0 rings (SSSR count). The van der Waals surface area contributed by atoms with Crippen LogP contribution >= 0.6 is 0 Å². The topological polar surface area (TPSA) is 78.9 Å². The number of ether oxygens (including phenoxy) is 1. The summed E-state index contributed by atoms with van der Waals surface area (Å²) in [6.45, 7) is 5.77. The summed E-state index contributed by atoms with van der Waals surface area (Å²) >= 11 is 0. The van der Waals surface area contributed by atoms with Gasteiger partial charge in [-0.25, -0.2) is 4.79 Å². The van der Waals surface area contributed by atoms with Gasteiger partial charge in [-0.2, -0.15) is 0 Å². The molecule has 6 nitrogen and oxygen atoms in total. The Balaban J connectivity index is 3.49. The zero-order chi connectivity index (χ0) is 14.7. The predicted octanol–water partition coefficient (Wildman–Crippen LogP) is 1.70. The van der Waals surface area contributed by atoms with Crippen molar-refractivity contribution in [3.63, 3.8) is 0 Å². The first-order chi connectivity index (χ1) is 8.93. The number of carboxylic acids is 1. The molecule has 0 saturated carbocycles. The standard InChI is InChI=1S/C13H26N2O4/c1-11(2)19-10-5-4-8-14-13(18)15(3)9-6-7-12(16)17/h11H,4-10H2,1-3H3,(H,14,18)(H,16,17). The molecule has 2 amide bonds. The summed E-state index contributed by atoms with van der Waals surface area (Å²) in [7, 11) is 1.67. The van der Waals surface area contributed by atoms with Crippen molar-refractivity contribution in [3.8, 4) is 0 Å². The minimum absolute atomic E-state index is 0.0875. The van der Waals surface area contributed by atoms with Gasteiger partial charge in [0.2, 0.25) is 0 Å². The first-order valence-corrected chi connectivity index (χ1v) is 6.76. The van der Waals surface area contributed by atoms with Crippen LogP contribution in [0.2, 0.25) is 0 Å². The second kappa shape index (κ2) is 10.6. The van der Waals surface area contributed by atoms with Crippen molar-refractivity contribution in [2.75, 3.05) is 26.7 Å². The van der Waals surface area contributed by atoms with Gasteiger partial charge in [0, 0.05) is 33.2 Å². The van der Waals surface area contributed by atoms with Crippen molar-refractivity contribution in [2.24, 2.45) is 0 Å². The van der Waals surface area contributed by atoms with Crippen LogP contribution in [0.25, 0.3) is 0 Å². The van der Waals surface area contributed by atoms with E-state index in [0.29, 0.717) is 26.1 Å². The Morgan fingerprint density at radius 3 is 2.53 bits per heavy atom. The molecule has 0 aromatic carbocycles. The quantitative estimate of drug-likeness (QED) is 0.594. The Hall–Kier alpha value is -1.30. The molecule has 19 heavy (non-hydrogen) atoms. The van der Waals surface area contributed by atoms with Crippen molar-refractivity contribution in [2.45, 2.75) is 45.6 Å². The average Bonchev–Trinajstić information content (AvgIpc) is 2.32. The zero-order valence-corrected chi connectivity index (χ0v) is 12.1.